The van der Waals surface area contributed by atoms with Gasteiger partial charge in [0.25, 0.3) is 0 Å². The zero-order valence-corrected chi connectivity index (χ0v) is 14.4. The maximum absolute atomic E-state index is 10.4. The molecular formula is C20H35NO. The van der Waals surface area contributed by atoms with E-state index in [0.717, 1.165) is 6.42 Å². The molecule has 2 heteroatoms. The van der Waals surface area contributed by atoms with Crippen LogP contribution in [0, 0.1) is 0 Å². The normalized spacial score (nSPS) is 12.0. The molecule has 0 aromatic heterocycles. The van der Waals surface area contributed by atoms with Crippen LogP contribution in [0.25, 0.3) is 0 Å². The summed E-state index contributed by atoms with van der Waals surface area (Å²) in [6.07, 6.45) is 27.4. The minimum atomic E-state index is -0.408. The third-order valence-corrected chi connectivity index (χ3v) is 3.70. The Bertz CT molecular complexity index is 329. The molecule has 2 nitrogen and oxygen atoms in total. The van der Waals surface area contributed by atoms with Crippen LogP contribution in [0.5, 0.6) is 0 Å². The minimum absolute atomic E-state index is 0.408. The van der Waals surface area contributed by atoms with Gasteiger partial charge < -0.3 is 5.73 Å². The van der Waals surface area contributed by atoms with E-state index >= 15 is 0 Å². The first-order valence-electron chi connectivity index (χ1n) is 9.06. The largest absolute Gasteiger partial charge is 0.366 e. The fourth-order valence-electron chi connectivity index (χ4n) is 2.38. The average Bonchev–Trinajstić information content (AvgIpc) is 2.50. The van der Waals surface area contributed by atoms with Crippen molar-refractivity contribution in [2.24, 2.45) is 5.73 Å². The Hall–Kier alpha value is -1.31. The first kappa shape index (κ1) is 20.7. The van der Waals surface area contributed by atoms with Crippen molar-refractivity contribution < 1.29 is 4.79 Å². The number of hydrogen-bond acceptors (Lipinski definition) is 1. The summed E-state index contributed by atoms with van der Waals surface area (Å²) in [5.41, 5.74) is 4.98. The zero-order valence-electron chi connectivity index (χ0n) is 14.4. The highest BCUT2D eigenvalue weighted by molar-refractivity contribution is 5.85. The first-order chi connectivity index (χ1) is 10.8. The molecular weight excluding hydrogens is 270 g/mol. The molecule has 0 bridgehead atoms. The van der Waals surface area contributed by atoms with Gasteiger partial charge in [-0.3, -0.25) is 4.79 Å². The van der Waals surface area contributed by atoms with Crippen LogP contribution in [0.2, 0.25) is 0 Å². The molecule has 0 unspecified atom stereocenters. The van der Waals surface area contributed by atoms with Crippen LogP contribution < -0.4 is 5.73 Å². The molecule has 2 N–H and O–H groups in total. The number of unbranched alkanes of at least 4 members (excludes halogenated alkanes) is 11. The molecule has 0 radical (unpaired) electrons. The Labute approximate surface area is 137 Å². The summed E-state index contributed by atoms with van der Waals surface area (Å²) in [5.74, 6) is -0.408. The van der Waals surface area contributed by atoms with Crippen molar-refractivity contribution in [3.05, 3.63) is 36.5 Å². The monoisotopic (exact) mass is 305 g/mol. The molecule has 0 saturated heterocycles. The van der Waals surface area contributed by atoms with Gasteiger partial charge in [-0.2, -0.15) is 0 Å². The molecule has 0 atom stereocenters. The summed E-state index contributed by atoms with van der Waals surface area (Å²) in [6.45, 7) is 2.27. The van der Waals surface area contributed by atoms with Crippen molar-refractivity contribution in [3.63, 3.8) is 0 Å². The van der Waals surface area contributed by atoms with Crippen molar-refractivity contribution in [3.8, 4) is 0 Å². The van der Waals surface area contributed by atoms with Crippen LogP contribution >= 0.6 is 0 Å². The van der Waals surface area contributed by atoms with Crippen LogP contribution in [0.3, 0.4) is 0 Å². The Morgan fingerprint density at radius 2 is 1.23 bits per heavy atom. The number of hydrogen-bond donors (Lipinski definition) is 1. The Morgan fingerprint density at radius 3 is 1.77 bits per heavy atom. The minimum Gasteiger partial charge on any atom is -0.366 e. The summed E-state index contributed by atoms with van der Waals surface area (Å²) < 4.78 is 0. The smallest absolute Gasteiger partial charge is 0.241 e. The first-order valence-corrected chi connectivity index (χ1v) is 9.06. The van der Waals surface area contributed by atoms with Gasteiger partial charge in [-0.05, 0) is 12.8 Å². The lowest BCUT2D eigenvalue weighted by Gasteiger charge is -2.01. The molecule has 0 fully saturated rings. The lowest BCUT2D eigenvalue weighted by atomic mass is 10.1. The van der Waals surface area contributed by atoms with E-state index < -0.39 is 5.91 Å². The summed E-state index contributed by atoms with van der Waals surface area (Å²) in [6, 6.07) is 0. The molecule has 0 aromatic rings. The van der Waals surface area contributed by atoms with Gasteiger partial charge in [-0.1, -0.05) is 102 Å². The predicted octanol–water partition coefficient (Wildman–Crippen LogP) is 5.84. The Balaban J connectivity index is 3.21. The van der Waals surface area contributed by atoms with E-state index in [-0.39, 0.29) is 0 Å². The van der Waals surface area contributed by atoms with E-state index in [0.29, 0.717) is 0 Å². The number of amides is 1. The van der Waals surface area contributed by atoms with Gasteiger partial charge in [0, 0.05) is 6.08 Å². The van der Waals surface area contributed by atoms with E-state index in [4.69, 9.17) is 5.73 Å². The van der Waals surface area contributed by atoms with Gasteiger partial charge in [-0.15, -0.1) is 0 Å². The van der Waals surface area contributed by atoms with Gasteiger partial charge in [0.1, 0.15) is 0 Å². The molecule has 0 aliphatic heterocycles. The van der Waals surface area contributed by atoms with Crippen molar-refractivity contribution in [1.29, 1.82) is 0 Å². The molecule has 0 aromatic carbocycles. The third kappa shape index (κ3) is 18.7. The quantitative estimate of drug-likeness (QED) is 0.230. The number of primary amides is 1. The molecule has 0 aliphatic rings. The lowest BCUT2D eigenvalue weighted by molar-refractivity contribution is -0.113. The van der Waals surface area contributed by atoms with Gasteiger partial charge >= 0.3 is 0 Å². The van der Waals surface area contributed by atoms with Crippen molar-refractivity contribution in [2.75, 3.05) is 0 Å². The standard InChI is InChI=1S/C20H35NO/c1-2-3-4-5-6-7-8-9-10-11-12-13-14-15-16-17-18-19-20(21)22/h14-19H,2-13H2,1H3,(H2,21,22)/b15-14+,17-16+,19-18+. The van der Waals surface area contributed by atoms with Crippen LogP contribution in [0.4, 0.5) is 0 Å². The number of carbonyl (C=O) groups is 1. The summed E-state index contributed by atoms with van der Waals surface area (Å²) >= 11 is 0. The summed E-state index contributed by atoms with van der Waals surface area (Å²) in [7, 11) is 0. The fourth-order valence-corrected chi connectivity index (χ4v) is 2.38. The van der Waals surface area contributed by atoms with Crippen LogP contribution in [-0.4, -0.2) is 5.91 Å². The van der Waals surface area contributed by atoms with E-state index in [1.165, 1.54) is 76.7 Å². The second-order valence-electron chi connectivity index (χ2n) is 5.90. The highest BCUT2D eigenvalue weighted by atomic mass is 16.1. The molecule has 1 amide bonds. The molecule has 0 aliphatic carbocycles. The molecule has 0 heterocycles. The van der Waals surface area contributed by atoms with E-state index in [2.05, 4.69) is 13.0 Å². The Morgan fingerprint density at radius 1 is 0.727 bits per heavy atom. The fraction of sp³-hybridized carbons (Fsp3) is 0.650. The Kier molecular flexibility index (Phi) is 16.7. The van der Waals surface area contributed by atoms with Crippen LogP contribution in [0.15, 0.2) is 36.5 Å². The second-order valence-corrected chi connectivity index (χ2v) is 5.90. The number of carbonyl (C=O) groups excluding carboxylic acids is 1. The molecule has 0 spiro atoms. The highest BCUT2D eigenvalue weighted by Crippen LogP contribution is 2.11. The van der Waals surface area contributed by atoms with Crippen LogP contribution in [-0.2, 0) is 4.79 Å². The second kappa shape index (κ2) is 17.7. The number of rotatable bonds is 15. The summed E-state index contributed by atoms with van der Waals surface area (Å²) in [5, 5.41) is 0. The van der Waals surface area contributed by atoms with E-state index in [1.54, 1.807) is 6.08 Å². The highest BCUT2D eigenvalue weighted by Gasteiger charge is 1.92. The SMILES string of the molecule is CCCCCCCCCCCCC/C=C/C=C/C=C/C(N)=O. The van der Waals surface area contributed by atoms with Crippen molar-refractivity contribution in [1.82, 2.24) is 0 Å². The maximum Gasteiger partial charge on any atom is 0.241 e. The maximum atomic E-state index is 10.4. The third-order valence-electron chi connectivity index (χ3n) is 3.70. The van der Waals surface area contributed by atoms with Crippen molar-refractivity contribution in [2.45, 2.75) is 84.0 Å². The topological polar surface area (TPSA) is 43.1 Å². The van der Waals surface area contributed by atoms with E-state index in [9.17, 15) is 4.79 Å². The van der Waals surface area contributed by atoms with Gasteiger partial charge in [-0.25, -0.2) is 0 Å². The van der Waals surface area contributed by atoms with Gasteiger partial charge in [0.15, 0.2) is 0 Å². The lowest BCUT2D eigenvalue weighted by Crippen LogP contribution is -2.04. The number of allylic oxidation sites excluding steroid dienone is 5. The van der Waals surface area contributed by atoms with Gasteiger partial charge in [0.05, 0.1) is 0 Å². The zero-order chi connectivity index (χ0) is 16.3. The van der Waals surface area contributed by atoms with Crippen molar-refractivity contribution >= 4 is 5.91 Å². The van der Waals surface area contributed by atoms with Gasteiger partial charge in [0.2, 0.25) is 5.91 Å². The molecule has 0 rings (SSSR count). The average molecular weight is 306 g/mol. The molecule has 0 saturated carbocycles. The van der Waals surface area contributed by atoms with E-state index in [1.807, 2.05) is 18.2 Å². The predicted molar refractivity (Wildman–Crippen MR) is 97.7 cm³/mol. The summed E-state index contributed by atoms with van der Waals surface area (Å²) in [4.78, 5) is 10.4. The van der Waals surface area contributed by atoms with Crippen LogP contribution in [0.1, 0.15) is 84.0 Å². The molecule has 22 heavy (non-hydrogen) atoms. The number of nitrogens with two attached hydrogens (primary N) is 1. The molecule has 126 valence electrons.